The molecule has 0 bridgehead atoms. The Morgan fingerprint density at radius 2 is 1.90 bits per heavy atom. The van der Waals surface area contributed by atoms with Gasteiger partial charge in [-0.25, -0.2) is 0 Å². The molecule has 1 unspecified atom stereocenters. The third-order valence-corrected chi connectivity index (χ3v) is 2.96. The van der Waals surface area contributed by atoms with Gasteiger partial charge in [-0.2, -0.15) is 0 Å². The van der Waals surface area contributed by atoms with E-state index in [0.717, 1.165) is 19.7 Å². The van der Waals surface area contributed by atoms with Crippen LogP contribution in [-0.2, 0) is 22.6 Å². The third-order valence-electron chi connectivity index (χ3n) is 2.96. The van der Waals surface area contributed by atoms with Crippen LogP contribution in [0.3, 0.4) is 0 Å². The fourth-order valence-corrected chi connectivity index (χ4v) is 1.90. The number of benzene rings is 1. The van der Waals surface area contributed by atoms with Gasteiger partial charge in [0.15, 0.2) is 0 Å². The molecule has 0 aromatic heterocycles. The maximum absolute atomic E-state index is 5.78. The molecule has 20 heavy (non-hydrogen) atoms. The summed E-state index contributed by atoms with van der Waals surface area (Å²) in [6, 6.07) is 8.57. The zero-order valence-corrected chi connectivity index (χ0v) is 13.3. The molecule has 0 saturated carbocycles. The minimum Gasteiger partial charge on any atom is -0.379 e. The van der Waals surface area contributed by atoms with Gasteiger partial charge in [0.2, 0.25) is 0 Å². The van der Waals surface area contributed by atoms with Crippen molar-refractivity contribution in [2.24, 2.45) is 5.92 Å². The van der Waals surface area contributed by atoms with E-state index in [0.29, 0.717) is 19.1 Å². The van der Waals surface area contributed by atoms with Gasteiger partial charge < -0.3 is 14.8 Å². The highest BCUT2D eigenvalue weighted by Gasteiger charge is 2.03. The lowest BCUT2D eigenvalue weighted by molar-refractivity contribution is -0.0116. The maximum Gasteiger partial charge on any atom is 0.0785 e. The van der Waals surface area contributed by atoms with Crippen LogP contribution in [0.1, 0.15) is 38.8 Å². The van der Waals surface area contributed by atoms with Crippen LogP contribution < -0.4 is 5.32 Å². The average Bonchev–Trinajstić information content (AvgIpc) is 2.43. The standard InChI is InChI=1S/C17H29NO2/c1-5-19-12-15(4)20-13-17-8-6-7-16(9-17)11-18-10-14(2)3/h6-9,14-15,18H,5,10-13H2,1-4H3. The van der Waals surface area contributed by atoms with Crippen LogP contribution >= 0.6 is 0 Å². The molecule has 1 N–H and O–H groups in total. The van der Waals surface area contributed by atoms with Crippen molar-refractivity contribution >= 4 is 0 Å². The van der Waals surface area contributed by atoms with Crippen LogP contribution in [0.2, 0.25) is 0 Å². The maximum atomic E-state index is 5.78. The van der Waals surface area contributed by atoms with Gasteiger partial charge in [0.05, 0.1) is 19.3 Å². The fourth-order valence-electron chi connectivity index (χ4n) is 1.90. The molecule has 0 aliphatic heterocycles. The fraction of sp³-hybridized carbons (Fsp3) is 0.647. The molecule has 114 valence electrons. The van der Waals surface area contributed by atoms with Crippen LogP contribution in [0.15, 0.2) is 24.3 Å². The summed E-state index contributed by atoms with van der Waals surface area (Å²) in [4.78, 5) is 0. The summed E-state index contributed by atoms with van der Waals surface area (Å²) in [5, 5.41) is 3.46. The normalized spacial score (nSPS) is 12.8. The van der Waals surface area contributed by atoms with Crippen molar-refractivity contribution in [3.63, 3.8) is 0 Å². The van der Waals surface area contributed by atoms with Gasteiger partial charge in [0, 0.05) is 13.2 Å². The molecule has 1 aromatic rings. The number of hydrogen-bond donors (Lipinski definition) is 1. The van der Waals surface area contributed by atoms with Crippen molar-refractivity contribution in [2.45, 2.75) is 47.0 Å². The van der Waals surface area contributed by atoms with Crippen LogP contribution in [0, 0.1) is 5.92 Å². The molecule has 0 saturated heterocycles. The summed E-state index contributed by atoms with van der Waals surface area (Å²) >= 11 is 0. The first-order valence-corrected chi connectivity index (χ1v) is 7.59. The second-order valence-electron chi connectivity index (χ2n) is 5.63. The van der Waals surface area contributed by atoms with E-state index >= 15 is 0 Å². The molecule has 3 heteroatoms. The molecule has 1 aromatic carbocycles. The molecule has 0 aliphatic rings. The van der Waals surface area contributed by atoms with Gasteiger partial charge in [-0.1, -0.05) is 38.1 Å². The highest BCUT2D eigenvalue weighted by Crippen LogP contribution is 2.08. The lowest BCUT2D eigenvalue weighted by Crippen LogP contribution is -2.19. The van der Waals surface area contributed by atoms with E-state index in [4.69, 9.17) is 9.47 Å². The average molecular weight is 279 g/mol. The van der Waals surface area contributed by atoms with Gasteiger partial charge in [-0.15, -0.1) is 0 Å². The Morgan fingerprint density at radius 3 is 2.60 bits per heavy atom. The SMILES string of the molecule is CCOCC(C)OCc1cccc(CNCC(C)C)c1. The number of rotatable bonds is 10. The Morgan fingerprint density at radius 1 is 1.15 bits per heavy atom. The first kappa shape index (κ1) is 17.2. The summed E-state index contributed by atoms with van der Waals surface area (Å²) < 4.78 is 11.1. The van der Waals surface area contributed by atoms with Crippen LogP contribution in [0.4, 0.5) is 0 Å². The largest absolute Gasteiger partial charge is 0.379 e. The Labute approximate surface area is 123 Å². The second kappa shape index (κ2) is 9.92. The zero-order chi connectivity index (χ0) is 14.8. The van der Waals surface area contributed by atoms with E-state index in [-0.39, 0.29) is 6.10 Å². The van der Waals surface area contributed by atoms with Gasteiger partial charge in [0.1, 0.15) is 0 Å². The molecule has 0 radical (unpaired) electrons. The van der Waals surface area contributed by atoms with Crippen molar-refractivity contribution in [3.05, 3.63) is 35.4 Å². The lowest BCUT2D eigenvalue weighted by atomic mass is 10.1. The van der Waals surface area contributed by atoms with Gasteiger partial charge in [-0.3, -0.25) is 0 Å². The molecule has 1 rings (SSSR count). The van der Waals surface area contributed by atoms with Crippen LogP contribution in [-0.4, -0.2) is 25.9 Å². The molecule has 0 amide bonds. The predicted molar refractivity (Wildman–Crippen MR) is 83.7 cm³/mol. The van der Waals surface area contributed by atoms with Crippen LogP contribution in [0.25, 0.3) is 0 Å². The van der Waals surface area contributed by atoms with Crippen molar-refractivity contribution in [1.82, 2.24) is 5.32 Å². The van der Waals surface area contributed by atoms with Gasteiger partial charge in [0.25, 0.3) is 0 Å². The highest BCUT2D eigenvalue weighted by atomic mass is 16.5. The molecule has 3 nitrogen and oxygen atoms in total. The monoisotopic (exact) mass is 279 g/mol. The van der Waals surface area contributed by atoms with E-state index in [1.54, 1.807) is 0 Å². The van der Waals surface area contributed by atoms with E-state index in [9.17, 15) is 0 Å². The minimum atomic E-state index is 0.137. The molecular weight excluding hydrogens is 250 g/mol. The van der Waals surface area contributed by atoms with Crippen molar-refractivity contribution in [3.8, 4) is 0 Å². The Balaban J connectivity index is 2.35. The van der Waals surface area contributed by atoms with E-state index in [2.05, 4.69) is 43.4 Å². The first-order chi connectivity index (χ1) is 9.61. The number of nitrogens with one attached hydrogen (secondary N) is 1. The molecule has 0 aliphatic carbocycles. The molecule has 1 atom stereocenters. The molecule has 0 fully saturated rings. The lowest BCUT2D eigenvalue weighted by Gasteiger charge is -2.13. The smallest absolute Gasteiger partial charge is 0.0785 e. The van der Waals surface area contributed by atoms with Crippen molar-refractivity contribution in [1.29, 1.82) is 0 Å². The van der Waals surface area contributed by atoms with E-state index in [1.165, 1.54) is 11.1 Å². The van der Waals surface area contributed by atoms with Gasteiger partial charge >= 0.3 is 0 Å². The zero-order valence-electron chi connectivity index (χ0n) is 13.3. The van der Waals surface area contributed by atoms with Crippen LogP contribution in [0.5, 0.6) is 0 Å². The second-order valence-corrected chi connectivity index (χ2v) is 5.63. The molecule has 0 spiro atoms. The summed E-state index contributed by atoms with van der Waals surface area (Å²) in [6.07, 6.45) is 0.137. The number of ether oxygens (including phenoxy) is 2. The van der Waals surface area contributed by atoms with Crippen molar-refractivity contribution < 1.29 is 9.47 Å². The summed E-state index contributed by atoms with van der Waals surface area (Å²) in [7, 11) is 0. The summed E-state index contributed by atoms with van der Waals surface area (Å²) in [5.74, 6) is 0.681. The first-order valence-electron chi connectivity index (χ1n) is 7.59. The summed E-state index contributed by atoms with van der Waals surface area (Å²) in [5.41, 5.74) is 2.53. The number of hydrogen-bond acceptors (Lipinski definition) is 3. The van der Waals surface area contributed by atoms with Crippen molar-refractivity contribution in [2.75, 3.05) is 19.8 Å². The van der Waals surface area contributed by atoms with E-state index in [1.807, 2.05) is 13.8 Å². The Kier molecular flexibility index (Phi) is 8.51. The summed E-state index contributed by atoms with van der Waals surface area (Å²) in [6.45, 7) is 12.5. The highest BCUT2D eigenvalue weighted by molar-refractivity contribution is 5.22. The predicted octanol–water partition coefficient (Wildman–Crippen LogP) is 3.37. The van der Waals surface area contributed by atoms with E-state index < -0.39 is 0 Å². The third kappa shape index (κ3) is 7.63. The molecular formula is C17H29NO2. The topological polar surface area (TPSA) is 30.5 Å². The van der Waals surface area contributed by atoms with Gasteiger partial charge in [-0.05, 0) is 37.4 Å². The Bertz CT molecular complexity index is 366. The Hall–Kier alpha value is -0.900. The molecule has 0 heterocycles. The minimum absolute atomic E-state index is 0.137. The quantitative estimate of drug-likeness (QED) is 0.712.